The Morgan fingerprint density at radius 2 is 1.29 bits per heavy atom. The Morgan fingerprint density at radius 1 is 0.792 bits per heavy atom. The molecule has 24 heavy (non-hydrogen) atoms. The predicted octanol–water partition coefficient (Wildman–Crippen LogP) is 4.64. The van der Waals surface area contributed by atoms with Crippen molar-refractivity contribution in [3.05, 3.63) is 48.9 Å². The second-order valence-electron chi connectivity index (χ2n) is 4.30. The van der Waals surface area contributed by atoms with Crippen molar-refractivity contribution in [1.29, 1.82) is 0 Å². The molecule has 2 N–H and O–H groups in total. The highest BCUT2D eigenvalue weighted by molar-refractivity contribution is 9.11. The molecule has 0 aromatic carbocycles. The maximum absolute atomic E-state index is 5.93. The first kappa shape index (κ1) is 17.9. The number of nitrogen functional groups attached to an aromatic ring is 1. The first-order valence-electron chi connectivity index (χ1n) is 6.17. The number of aromatic nitrogens is 6. The van der Waals surface area contributed by atoms with Crippen LogP contribution in [0, 0.1) is 0 Å². The van der Waals surface area contributed by atoms with Gasteiger partial charge in [0.15, 0.2) is 21.7 Å². The van der Waals surface area contributed by atoms with Crippen LogP contribution in [0.25, 0.3) is 11.3 Å². The summed E-state index contributed by atoms with van der Waals surface area (Å²) >= 11 is 21.5. The van der Waals surface area contributed by atoms with Crippen molar-refractivity contribution in [2.24, 2.45) is 0 Å². The minimum Gasteiger partial charge on any atom is -0.381 e. The Bertz CT molecular complexity index is 962. The molecule has 0 aliphatic heterocycles. The van der Waals surface area contributed by atoms with E-state index in [1.54, 1.807) is 33.6 Å². The van der Waals surface area contributed by atoms with Crippen LogP contribution in [0.3, 0.4) is 0 Å². The van der Waals surface area contributed by atoms with E-state index in [1.807, 2.05) is 0 Å². The molecule has 0 saturated carbocycles. The Labute approximate surface area is 170 Å². The molecule has 0 aliphatic carbocycles. The van der Waals surface area contributed by atoms with Gasteiger partial charge >= 0.3 is 0 Å². The van der Waals surface area contributed by atoms with Crippen molar-refractivity contribution in [3.8, 4) is 0 Å². The van der Waals surface area contributed by atoms with Crippen LogP contribution in [0.5, 0.6) is 0 Å². The third kappa shape index (κ3) is 3.25. The first-order valence-corrected chi connectivity index (χ1v) is 9.30. The van der Waals surface area contributed by atoms with Crippen LogP contribution in [0.1, 0.15) is 0 Å². The predicted molar refractivity (Wildman–Crippen MR) is 104 cm³/mol. The Morgan fingerprint density at radius 3 is 1.92 bits per heavy atom. The average molecular weight is 559 g/mol. The van der Waals surface area contributed by atoms with Crippen molar-refractivity contribution in [2.45, 2.75) is 0 Å². The molecule has 4 aromatic rings. The van der Waals surface area contributed by atoms with E-state index >= 15 is 0 Å². The molecule has 124 valence electrons. The van der Waals surface area contributed by atoms with Gasteiger partial charge in [-0.15, -0.1) is 0 Å². The topological polar surface area (TPSA) is 86.4 Å². The summed E-state index contributed by atoms with van der Waals surface area (Å²) in [6.45, 7) is 0. The lowest BCUT2D eigenvalue weighted by Gasteiger charge is -2.01. The van der Waals surface area contributed by atoms with E-state index in [2.05, 4.69) is 67.7 Å². The summed E-state index contributed by atoms with van der Waals surface area (Å²) in [6.07, 6.45) is 6.78. The number of halogens is 5. The van der Waals surface area contributed by atoms with Crippen LogP contribution in [-0.2, 0) is 0 Å². The molecule has 7 nitrogen and oxygen atoms in total. The van der Waals surface area contributed by atoms with Crippen LogP contribution in [0.4, 0.5) is 5.82 Å². The van der Waals surface area contributed by atoms with Crippen molar-refractivity contribution in [1.82, 2.24) is 28.7 Å². The van der Waals surface area contributed by atoms with Gasteiger partial charge in [0.2, 0.25) is 0 Å². The Hall–Kier alpha value is -0.940. The molecule has 0 radical (unpaired) electrons. The molecule has 0 unspecified atom stereocenters. The second kappa shape index (κ2) is 7.12. The minimum atomic E-state index is 0.358. The van der Waals surface area contributed by atoms with Crippen molar-refractivity contribution in [2.75, 3.05) is 5.73 Å². The fourth-order valence-electron chi connectivity index (χ4n) is 1.85. The van der Waals surface area contributed by atoms with Crippen LogP contribution in [0.15, 0.2) is 38.6 Å². The minimum absolute atomic E-state index is 0.358. The molecular weight excluding hydrogens is 553 g/mol. The van der Waals surface area contributed by atoms with Gasteiger partial charge in [0, 0.05) is 24.8 Å². The number of anilines is 1. The third-order valence-corrected chi connectivity index (χ3v) is 5.69. The van der Waals surface area contributed by atoms with Gasteiger partial charge in [-0.25, -0.2) is 19.9 Å². The molecule has 4 heterocycles. The maximum atomic E-state index is 5.93. The monoisotopic (exact) mass is 555 g/mol. The molecule has 0 fully saturated rings. The summed E-state index contributed by atoms with van der Waals surface area (Å²) in [5.74, 6) is 0.358. The summed E-state index contributed by atoms with van der Waals surface area (Å²) in [4.78, 5) is 16.1. The quantitative estimate of drug-likeness (QED) is 0.340. The zero-order valence-electron chi connectivity index (χ0n) is 11.5. The molecule has 4 aromatic heterocycles. The van der Waals surface area contributed by atoms with Crippen LogP contribution >= 0.6 is 71.0 Å². The molecule has 12 heteroatoms. The SMILES string of the molecule is Clc1c(Br)nc(Br)c2nccn12.Nc1nc(Br)c(Cl)n2ccnc12. The summed E-state index contributed by atoms with van der Waals surface area (Å²) in [5, 5.41) is 0.988. The van der Waals surface area contributed by atoms with E-state index in [-0.39, 0.29) is 0 Å². The fourth-order valence-corrected chi connectivity index (χ4v) is 3.67. The zero-order valence-corrected chi connectivity index (χ0v) is 17.7. The molecule has 4 rings (SSSR count). The Kier molecular flexibility index (Phi) is 5.30. The van der Waals surface area contributed by atoms with E-state index in [0.29, 0.717) is 41.2 Å². The lowest BCUT2D eigenvalue weighted by molar-refractivity contribution is 1.08. The number of fused-ring (bicyclic) bond motifs is 2. The summed E-state index contributed by atoms with van der Waals surface area (Å²) in [6, 6.07) is 0. The van der Waals surface area contributed by atoms with Gasteiger partial charge < -0.3 is 5.73 Å². The molecule has 0 saturated heterocycles. The summed E-state index contributed by atoms with van der Waals surface area (Å²) in [5.41, 5.74) is 6.87. The number of hydrogen-bond donors (Lipinski definition) is 1. The number of nitrogens with zero attached hydrogens (tertiary/aromatic N) is 6. The van der Waals surface area contributed by atoms with Gasteiger partial charge in [0.25, 0.3) is 0 Å². The van der Waals surface area contributed by atoms with Crippen molar-refractivity contribution in [3.63, 3.8) is 0 Å². The number of rotatable bonds is 0. The van der Waals surface area contributed by atoms with Gasteiger partial charge in [-0.2, -0.15) is 0 Å². The van der Waals surface area contributed by atoms with E-state index in [1.165, 1.54) is 0 Å². The van der Waals surface area contributed by atoms with Crippen LogP contribution in [-0.4, -0.2) is 28.7 Å². The van der Waals surface area contributed by atoms with Gasteiger partial charge in [0.05, 0.1) is 0 Å². The highest BCUT2D eigenvalue weighted by Crippen LogP contribution is 2.25. The van der Waals surface area contributed by atoms with E-state index in [0.717, 1.165) is 0 Å². The van der Waals surface area contributed by atoms with Crippen molar-refractivity contribution >= 4 is 88.1 Å². The zero-order chi connectivity index (χ0) is 17.4. The molecular formula is C12H6Br3Cl2N7. The number of nitrogens with two attached hydrogens (primary N) is 1. The highest BCUT2D eigenvalue weighted by Gasteiger charge is 2.09. The molecule has 0 aliphatic rings. The van der Waals surface area contributed by atoms with Gasteiger partial charge in [-0.1, -0.05) is 23.2 Å². The molecule has 0 bridgehead atoms. The molecule has 0 amide bonds. The second-order valence-corrected chi connectivity index (χ2v) is 7.27. The van der Waals surface area contributed by atoms with Gasteiger partial charge in [-0.05, 0) is 47.8 Å². The first-order chi connectivity index (χ1) is 11.4. The van der Waals surface area contributed by atoms with E-state index < -0.39 is 0 Å². The highest BCUT2D eigenvalue weighted by atomic mass is 79.9. The normalized spacial score (nSPS) is 10.9. The van der Waals surface area contributed by atoms with Crippen LogP contribution < -0.4 is 5.73 Å². The van der Waals surface area contributed by atoms with Gasteiger partial charge in [-0.3, -0.25) is 8.80 Å². The maximum Gasteiger partial charge on any atom is 0.181 e. The number of hydrogen-bond acceptors (Lipinski definition) is 5. The largest absolute Gasteiger partial charge is 0.381 e. The lowest BCUT2D eigenvalue weighted by atomic mass is 10.6. The van der Waals surface area contributed by atoms with Crippen LogP contribution in [0.2, 0.25) is 10.3 Å². The standard InChI is InChI=1S/C6H2Br2ClN3.C6H4BrClN4/c7-3-5(9)12-2-1-10-6(12)4(8)11-3;7-3-4(8)12-2-1-10-6(12)5(9)11-3/h1-2H;1-2H,(H2,9,11). The fraction of sp³-hybridized carbons (Fsp3) is 0. The van der Waals surface area contributed by atoms with Crippen molar-refractivity contribution < 1.29 is 0 Å². The smallest absolute Gasteiger partial charge is 0.181 e. The van der Waals surface area contributed by atoms with E-state index in [9.17, 15) is 0 Å². The third-order valence-electron chi connectivity index (χ3n) is 2.87. The summed E-state index contributed by atoms with van der Waals surface area (Å²) in [7, 11) is 0. The molecule has 0 atom stereocenters. The Balaban J connectivity index is 0.000000141. The number of imidazole rings is 2. The average Bonchev–Trinajstić information content (AvgIpc) is 3.20. The summed E-state index contributed by atoms with van der Waals surface area (Å²) < 4.78 is 5.19. The molecule has 0 spiro atoms. The van der Waals surface area contributed by atoms with E-state index in [4.69, 9.17) is 28.9 Å². The van der Waals surface area contributed by atoms with Gasteiger partial charge in [0.1, 0.15) is 19.5 Å². The lowest BCUT2D eigenvalue weighted by Crippen LogP contribution is -1.98.